The van der Waals surface area contributed by atoms with Gasteiger partial charge in [0.2, 0.25) is 12.6 Å². The van der Waals surface area contributed by atoms with E-state index in [2.05, 4.69) is 9.97 Å². The molecule has 0 bridgehead atoms. The molecule has 0 saturated carbocycles. The van der Waals surface area contributed by atoms with Crippen molar-refractivity contribution in [1.29, 1.82) is 0 Å². The zero-order valence-electron chi connectivity index (χ0n) is 16.0. The molecule has 8 nitrogen and oxygen atoms in total. The van der Waals surface area contributed by atoms with Crippen molar-refractivity contribution in [2.75, 3.05) is 13.4 Å². The predicted octanol–water partition coefficient (Wildman–Crippen LogP) is 2.71. The van der Waals surface area contributed by atoms with Crippen molar-refractivity contribution in [3.63, 3.8) is 0 Å². The number of carbonyl (C=O) groups is 2. The highest BCUT2D eigenvalue weighted by Crippen LogP contribution is 2.33. The van der Waals surface area contributed by atoms with E-state index in [9.17, 15) is 9.59 Å². The number of hydrogen-bond acceptors (Lipinski definition) is 7. The largest absolute Gasteiger partial charge is 0.454 e. The van der Waals surface area contributed by atoms with Crippen molar-refractivity contribution in [2.24, 2.45) is 0 Å². The van der Waals surface area contributed by atoms with Gasteiger partial charge in [-0.1, -0.05) is 6.07 Å². The van der Waals surface area contributed by atoms with E-state index in [4.69, 9.17) is 14.2 Å². The molecule has 1 aromatic carbocycles. The summed E-state index contributed by atoms with van der Waals surface area (Å²) in [5.41, 5.74) is 3.36. The number of benzene rings is 1. The topological polar surface area (TPSA) is 92.5 Å². The van der Waals surface area contributed by atoms with Gasteiger partial charge in [-0.05, 0) is 37.6 Å². The summed E-state index contributed by atoms with van der Waals surface area (Å²) in [6, 6.07) is 7.59. The van der Waals surface area contributed by atoms with Gasteiger partial charge in [-0.15, -0.1) is 0 Å². The van der Waals surface area contributed by atoms with Crippen LogP contribution in [0.2, 0.25) is 0 Å². The van der Waals surface area contributed by atoms with Crippen molar-refractivity contribution < 1.29 is 23.8 Å². The van der Waals surface area contributed by atoms with Gasteiger partial charge in [-0.3, -0.25) is 9.78 Å². The lowest BCUT2D eigenvalue weighted by Crippen LogP contribution is -2.16. The quantitative estimate of drug-likeness (QED) is 0.470. The molecule has 0 radical (unpaired) electrons. The zero-order valence-corrected chi connectivity index (χ0v) is 16.0. The van der Waals surface area contributed by atoms with Crippen LogP contribution in [0, 0.1) is 13.8 Å². The number of rotatable bonds is 6. The highest BCUT2D eigenvalue weighted by atomic mass is 16.7. The Kier molecular flexibility index (Phi) is 4.99. The normalized spacial score (nSPS) is 12.1. The van der Waals surface area contributed by atoms with E-state index >= 15 is 0 Å². The van der Waals surface area contributed by atoms with E-state index < -0.39 is 5.97 Å². The molecule has 0 N–H and O–H groups in total. The molecular weight excluding hydrogens is 374 g/mol. The van der Waals surface area contributed by atoms with E-state index in [1.54, 1.807) is 6.07 Å². The number of aromatic nitrogens is 3. The summed E-state index contributed by atoms with van der Waals surface area (Å²) in [6.45, 7) is 4.26. The average Bonchev–Trinajstić information content (AvgIpc) is 3.31. The number of esters is 1. The molecule has 3 aromatic rings. The second-order valence-corrected chi connectivity index (χ2v) is 6.65. The molecule has 148 valence electrons. The molecule has 0 saturated heterocycles. The second-order valence-electron chi connectivity index (χ2n) is 6.65. The second kappa shape index (κ2) is 7.75. The minimum Gasteiger partial charge on any atom is -0.454 e. The first-order chi connectivity index (χ1) is 14.0. The Balaban J connectivity index is 1.46. The lowest BCUT2D eigenvalue weighted by Gasteiger charge is -2.11. The highest BCUT2D eigenvalue weighted by Gasteiger charge is 2.19. The molecule has 0 atom stereocenters. The monoisotopic (exact) mass is 393 g/mol. The number of ether oxygens (including phenoxy) is 3. The molecule has 0 spiro atoms. The Morgan fingerprint density at radius 2 is 1.97 bits per heavy atom. The predicted molar refractivity (Wildman–Crippen MR) is 102 cm³/mol. The van der Waals surface area contributed by atoms with Crippen molar-refractivity contribution in [1.82, 2.24) is 14.5 Å². The Bertz CT molecular complexity index is 1080. The molecule has 1 aliphatic heterocycles. The van der Waals surface area contributed by atoms with Crippen molar-refractivity contribution in [3.05, 3.63) is 71.1 Å². The molecule has 2 aromatic heterocycles. The van der Waals surface area contributed by atoms with Gasteiger partial charge in [0.1, 0.15) is 0 Å². The van der Waals surface area contributed by atoms with Crippen LogP contribution in [-0.4, -0.2) is 39.7 Å². The molecule has 0 unspecified atom stereocenters. The lowest BCUT2D eigenvalue weighted by atomic mass is 10.1. The molecule has 29 heavy (non-hydrogen) atoms. The summed E-state index contributed by atoms with van der Waals surface area (Å²) in [4.78, 5) is 32.3. The molecule has 0 fully saturated rings. The van der Waals surface area contributed by atoms with Crippen LogP contribution in [-0.2, 0) is 11.3 Å². The first kappa shape index (κ1) is 18.7. The minimum atomic E-state index is -0.680. The number of fused-ring (bicyclic) bond motifs is 1. The van der Waals surface area contributed by atoms with Crippen LogP contribution in [0.5, 0.6) is 11.5 Å². The molecule has 0 aliphatic carbocycles. The number of carbonyl (C=O) groups excluding carboxylic acids is 2. The van der Waals surface area contributed by atoms with Gasteiger partial charge in [0, 0.05) is 35.9 Å². The average molecular weight is 393 g/mol. The van der Waals surface area contributed by atoms with Crippen LogP contribution in [0.15, 0.2) is 42.9 Å². The van der Waals surface area contributed by atoms with Crippen molar-refractivity contribution in [3.8, 4) is 11.5 Å². The number of hydrogen-bond donors (Lipinski definition) is 0. The fourth-order valence-electron chi connectivity index (χ4n) is 3.24. The van der Waals surface area contributed by atoms with Crippen molar-refractivity contribution in [2.45, 2.75) is 20.4 Å². The summed E-state index contributed by atoms with van der Waals surface area (Å²) >= 11 is 0. The summed E-state index contributed by atoms with van der Waals surface area (Å²) in [5.74, 6) is 0.501. The lowest BCUT2D eigenvalue weighted by molar-refractivity contribution is 0.0468. The molecule has 4 rings (SSSR count). The van der Waals surface area contributed by atoms with Gasteiger partial charge in [0.25, 0.3) is 0 Å². The Morgan fingerprint density at radius 1 is 1.14 bits per heavy atom. The molecule has 8 heteroatoms. The van der Waals surface area contributed by atoms with E-state index in [1.165, 1.54) is 18.6 Å². The third-order valence-corrected chi connectivity index (χ3v) is 4.76. The van der Waals surface area contributed by atoms with Gasteiger partial charge in [0.05, 0.1) is 6.20 Å². The zero-order chi connectivity index (χ0) is 20.4. The Hall–Kier alpha value is -3.68. The maximum absolute atomic E-state index is 12.6. The van der Waals surface area contributed by atoms with Gasteiger partial charge in [-0.25, -0.2) is 9.78 Å². The van der Waals surface area contributed by atoms with Crippen LogP contribution < -0.4 is 9.47 Å². The van der Waals surface area contributed by atoms with Crippen LogP contribution in [0.4, 0.5) is 0 Å². The van der Waals surface area contributed by atoms with Crippen LogP contribution >= 0.6 is 0 Å². The molecule has 0 amide bonds. The third kappa shape index (κ3) is 3.82. The van der Waals surface area contributed by atoms with Crippen LogP contribution in [0.25, 0.3) is 0 Å². The first-order valence-corrected chi connectivity index (χ1v) is 9.04. The minimum absolute atomic E-state index is 0.0635. The maximum atomic E-state index is 12.6. The van der Waals surface area contributed by atoms with Crippen molar-refractivity contribution >= 4 is 11.8 Å². The first-order valence-electron chi connectivity index (χ1n) is 9.04. The van der Waals surface area contributed by atoms with E-state index in [0.29, 0.717) is 12.1 Å². The SMILES string of the molecule is Cc1cc(C(=O)COC(=O)c2cnccn2)c(C)n1Cc1ccc2c(c1)OCO2. The standard InChI is InChI=1S/C21H19N3O5/c1-13-7-16(18(25)11-27-21(26)17-9-22-5-6-23-17)14(2)24(13)10-15-3-4-19-20(8-15)29-12-28-19/h3-9H,10-12H2,1-2H3. The van der Waals surface area contributed by atoms with Gasteiger partial charge in [-0.2, -0.15) is 0 Å². The summed E-state index contributed by atoms with van der Waals surface area (Å²) in [7, 11) is 0. The fourth-order valence-corrected chi connectivity index (χ4v) is 3.24. The summed E-state index contributed by atoms with van der Waals surface area (Å²) < 4.78 is 17.9. The number of ketones is 1. The number of aryl methyl sites for hydroxylation is 1. The van der Waals surface area contributed by atoms with Crippen LogP contribution in [0.3, 0.4) is 0 Å². The maximum Gasteiger partial charge on any atom is 0.358 e. The van der Waals surface area contributed by atoms with Gasteiger partial charge in [0.15, 0.2) is 23.8 Å². The summed E-state index contributed by atoms with van der Waals surface area (Å²) in [5, 5.41) is 0. The number of Topliss-reactive ketones (excluding diaryl/α,β-unsaturated/α-hetero) is 1. The smallest absolute Gasteiger partial charge is 0.358 e. The van der Waals surface area contributed by atoms with E-state index in [0.717, 1.165) is 28.5 Å². The summed E-state index contributed by atoms with van der Waals surface area (Å²) in [6.07, 6.45) is 4.14. The molecular formula is C21H19N3O5. The van der Waals surface area contributed by atoms with E-state index in [1.807, 2.05) is 36.6 Å². The van der Waals surface area contributed by atoms with E-state index in [-0.39, 0.29) is 24.9 Å². The fraction of sp³-hybridized carbons (Fsp3) is 0.238. The van der Waals surface area contributed by atoms with Gasteiger partial charge >= 0.3 is 5.97 Å². The van der Waals surface area contributed by atoms with Crippen LogP contribution in [0.1, 0.15) is 37.8 Å². The molecule has 3 heterocycles. The molecule has 1 aliphatic rings. The van der Waals surface area contributed by atoms with Gasteiger partial charge < -0.3 is 18.8 Å². The highest BCUT2D eigenvalue weighted by molar-refractivity contribution is 6.00. The third-order valence-electron chi connectivity index (χ3n) is 4.76. The number of nitrogens with zero attached hydrogens (tertiary/aromatic N) is 3. The Morgan fingerprint density at radius 3 is 2.76 bits per heavy atom. The Labute approximate surface area is 167 Å².